The molecule has 130 valence electrons. The zero-order chi connectivity index (χ0) is 17.8. The summed E-state index contributed by atoms with van der Waals surface area (Å²) in [6, 6.07) is 5.66. The highest BCUT2D eigenvalue weighted by Gasteiger charge is 2.11. The minimum Gasteiger partial charge on any atom is -0.331 e. The molecule has 0 atom stereocenters. The Morgan fingerprint density at radius 1 is 1.36 bits per heavy atom. The highest BCUT2D eigenvalue weighted by atomic mass is 19.1. The molecule has 1 aromatic carbocycles. The van der Waals surface area contributed by atoms with Crippen LogP contribution in [0.4, 0.5) is 9.18 Å². The number of carbonyl (C=O) groups is 1. The smallest absolute Gasteiger partial charge is 0.317 e. The molecule has 0 bridgehead atoms. The van der Waals surface area contributed by atoms with E-state index in [4.69, 9.17) is 0 Å². The molecule has 0 spiro atoms. The Balaban J connectivity index is 1.54. The lowest BCUT2D eigenvalue weighted by molar-refractivity contribution is 0.206. The van der Waals surface area contributed by atoms with Crippen LogP contribution in [0.5, 0.6) is 0 Å². The molecule has 25 heavy (non-hydrogen) atoms. The van der Waals surface area contributed by atoms with E-state index in [0.717, 1.165) is 5.56 Å². The molecule has 3 aromatic rings. The third-order valence-corrected chi connectivity index (χ3v) is 3.57. The number of aromatic nitrogens is 5. The third kappa shape index (κ3) is 4.19. The van der Waals surface area contributed by atoms with Crippen LogP contribution in [0.1, 0.15) is 11.4 Å². The van der Waals surface area contributed by atoms with Gasteiger partial charge in [0, 0.05) is 31.4 Å². The van der Waals surface area contributed by atoms with Crippen LogP contribution in [0.3, 0.4) is 0 Å². The van der Waals surface area contributed by atoms with E-state index in [1.165, 1.54) is 12.1 Å². The maximum absolute atomic E-state index is 12.9. The van der Waals surface area contributed by atoms with Gasteiger partial charge in [-0.05, 0) is 24.3 Å². The highest BCUT2D eigenvalue weighted by molar-refractivity contribution is 5.73. The lowest BCUT2D eigenvalue weighted by Gasteiger charge is -2.16. The number of nitrogens with zero attached hydrogens (tertiary/aromatic N) is 5. The third-order valence-electron chi connectivity index (χ3n) is 3.57. The van der Waals surface area contributed by atoms with Crippen LogP contribution in [0.25, 0.3) is 11.4 Å². The first-order chi connectivity index (χ1) is 12.0. The van der Waals surface area contributed by atoms with Crippen molar-refractivity contribution in [1.29, 1.82) is 0 Å². The second-order valence-electron chi connectivity index (χ2n) is 5.65. The van der Waals surface area contributed by atoms with Crippen LogP contribution in [0.15, 0.2) is 36.7 Å². The summed E-state index contributed by atoms with van der Waals surface area (Å²) in [5, 5.41) is 13.7. The van der Waals surface area contributed by atoms with Gasteiger partial charge in [0.15, 0.2) is 5.82 Å². The average Bonchev–Trinajstić information content (AvgIpc) is 3.22. The maximum Gasteiger partial charge on any atom is 0.317 e. The van der Waals surface area contributed by atoms with Crippen LogP contribution in [-0.4, -0.2) is 42.9 Å². The number of amides is 2. The Kier molecular flexibility index (Phi) is 4.73. The summed E-state index contributed by atoms with van der Waals surface area (Å²) in [5.74, 6) is 0.652. The number of nitrogens with one attached hydrogen (secondary N) is 2. The fourth-order valence-corrected chi connectivity index (χ4v) is 2.30. The monoisotopic (exact) mass is 343 g/mol. The van der Waals surface area contributed by atoms with E-state index in [9.17, 15) is 9.18 Å². The van der Waals surface area contributed by atoms with Gasteiger partial charge in [-0.15, -0.1) is 0 Å². The quantitative estimate of drug-likeness (QED) is 0.737. The van der Waals surface area contributed by atoms with Crippen LogP contribution in [-0.2, 0) is 20.1 Å². The van der Waals surface area contributed by atoms with Crippen LogP contribution >= 0.6 is 0 Å². The number of carbonyl (C=O) groups excluding carboxylic acids is 1. The number of H-pyrrole nitrogens is 1. The summed E-state index contributed by atoms with van der Waals surface area (Å²) < 4.78 is 14.6. The molecule has 2 N–H and O–H groups in total. The molecule has 2 amide bonds. The zero-order valence-electron chi connectivity index (χ0n) is 13.9. The summed E-state index contributed by atoms with van der Waals surface area (Å²) in [6.45, 7) is 0.668. The van der Waals surface area contributed by atoms with Crippen molar-refractivity contribution in [2.75, 3.05) is 7.05 Å². The fraction of sp³-hybridized carbons (Fsp3) is 0.250. The van der Waals surface area contributed by atoms with Gasteiger partial charge in [0.05, 0.1) is 19.3 Å². The number of hydrogen-bond acceptors (Lipinski definition) is 4. The minimum atomic E-state index is -0.316. The Hall–Kier alpha value is -3.23. The number of halogens is 1. The molecule has 0 radical (unpaired) electrons. The lowest BCUT2D eigenvalue weighted by Crippen LogP contribution is -2.36. The number of urea groups is 1. The van der Waals surface area contributed by atoms with Crippen LogP contribution in [0, 0.1) is 5.82 Å². The summed E-state index contributed by atoms with van der Waals surface area (Å²) in [7, 11) is 3.53. The van der Waals surface area contributed by atoms with Crippen molar-refractivity contribution in [2.24, 2.45) is 7.05 Å². The van der Waals surface area contributed by atoms with E-state index in [1.54, 1.807) is 35.0 Å². The van der Waals surface area contributed by atoms with Gasteiger partial charge >= 0.3 is 6.03 Å². The molecular formula is C16H18FN7O. The molecule has 0 saturated carbocycles. The molecular weight excluding hydrogens is 325 g/mol. The molecule has 0 saturated heterocycles. The first-order valence-electron chi connectivity index (χ1n) is 7.65. The van der Waals surface area contributed by atoms with Gasteiger partial charge in [-0.25, -0.2) is 14.2 Å². The Bertz CT molecular complexity index is 856. The Morgan fingerprint density at radius 3 is 2.80 bits per heavy atom. The van der Waals surface area contributed by atoms with E-state index < -0.39 is 0 Å². The van der Waals surface area contributed by atoms with Crippen molar-refractivity contribution >= 4 is 6.03 Å². The second-order valence-corrected chi connectivity index (χ2v) is 5.65. The summed E-state index contributed by atoms with van der Waals surface area (Å²) in [5.41, 5.74) is 1.64. The number of rotatable bonds is 5. The largest absolute Gasteiger partial charge is 0.331 e. The summed E-state index contributed by atoms with van der Waals surface area (Å²) >= 11 is 0. The van der Waals surface area contributed by atoms with Crippen molar-refractivity contribution < 1.29 is 9.18 Å². The van der Waals surface area contributed by atoms with Crippen molar-refractivity contribution in [3.05, 3.63) is 53.9 Å². The summed E-state index contributed by atoms with van der Waals surface area (Å²) in [6.07, 6.45) is 3.57. The van der Waals surface area contributed by atoms with Gasteiger partial charge in [-0.2, -0.15) is 10.2 Å². The second kappa shape index (κ2) is 7.12. The topological polar surface area (TPSA) is 91.7 Å². The molecule has 0 aliphatic rings. The van der Waals surface area contributed by atoms with Gasteiger partial charge in [0.1, 0.15) is 11.6 Å². The number of aryl methyl sites for hydroxylation is 1. The van der Waals surface area contributed by atoms with Gasteiger partial charge < -0.3 is 10.2 Å². The standard InChI is InChI=1S/C16H18FN7O/c1-23(9-11-7-19-24(2)10-11)16(25)18-8-14-20-15(22-21-14)12-3-5-13(17)6-4-12/h3-7,10H,8-9H2,1-2H3,(H,18,25)(H,20,21,22). The zero-order valence-corrected chi connectivity index (χ0v) is 13.9. The molecule has 0 fully saturated rings. The average molecular weight is 343 g/mol. The van der Waals surface area contributed by atoms with E-state index in [0.29, 0.717) is 23.8 Å². The van der Waals surface area contributed by atoms with Crippen molar-refractivity contribution in [3.63, 3.8) is 0 Å². The Labute approximate surface area is 143 Å². The minimum absolute atomic E-state index is 0.213. The van der Waals surface area contributed by atoms with Crippen molar-refractivity contribution in [3.8, 4) is 11.4 Å². The molecule has 0 aliphatic carbocycles. The maximum atomic E-state index is 12.9. The van der Waals surface area contributed by atoms with E-state index >= 15 is 0 Å². The van der Waals surface area contributed by atoms with E-state index in [-0.39, 0.29) is 18.4 Å². The van der Waals surface area contributed by atoms with Gasteiger partial charge in [-0.1, -0.05) is 0 Å². The van der Waals surface area contributed by atoms with Gasteiger partial charge in [0.2, 0.25) is 0 Å². The van der Waals surface area contributed by atoms with Gasteiger partial charge in [-0.3, -0.25) is 9.78 Å². The van der Waals surface area contributed by atoms with E-state index in [2.05, 4.69) is 25.6 Å². The highest BCUT2D eigenvalue weighted by Crippen LogP contribution is 2.14. The SMILES string of the molecule is CN(Cc1cnn(C)c1)C(=O)NCc1nc(-c2ccc(F)cc2)n[nH]1. The normalized spacial score (nSPS) is 10.7. The van der Waals surface area contributed by atoms with E-state index in [1.807, 2.05) is 13.2 Å². The molecule has 2 heterocycles. The first-order valence-corrected chi connectivity index (χ1v) is 7.65. The first kappa shape index (κ1) is 16.6. The van der Waals surface area contributed by atoms with Gasteiger partial charge in [0.25, 0.3) is 0 Å². The molecule has 0 unspecified atom stereocenters. The molecule has 9 heteroatoms. The van der Waals surface area contributed by atoms with Crippen molar-refractivity contribution in [2.45, 2.75) is 13.1 Å². The Morgan fingerprint density at radius 2 is 2.12 bits per heavy atom. The van der Waals surface area contributed by atoms with Crippen molar-refractivity contribution in [1.82, 2.24) is 35.2 Å². The van der Waals surface area contributed by atoms with Crippen LogP contribution < -0.4 is 5.32 Å². The number of aromatic amines is 1. The summed E-state index contributed by atoms with van der Waals surface area (Å²) in [4.78, 5) is 18.0. The predicted molar refractivity (Wildman–Crippen MR) is 88.7 cm³/mol. The molecule has 3 rings (SSSR count). The number of benzene rings is 1. The predicted octanol–water partition coefficient (Wildman–Crippen LogP) is 1.69. The molecule has 0 aliphatic heterocycles. The molecule has 8 nitrogen and oxygen atoms in total. The lowest BCUT2D eigenvalue weighted by atomic mass is 10.2. The van der Waals surface area contributed by atoms with Crippen LogP contribution in [0.2, 0.25) is 0 Å². The number of hydrogen-bond donors (Lipinski definition) is 2. The fourth-order valence-electron chi connectivity index (χ4n) is 2.30. The molecule has 2 aromatic heterocycles.